The lowest BCUT2D eigenvalue weighted by molar-refractivity contribution is -0.134. The van der Waals surface area contributed by atoms with Crippen LogP contribution in [0.3, 0.4) is 0 Å². The molecular weight excluding hydrogens is 399 g/mol. The summed E-state index contributed by atoms with van der Waals surface area (Å²) < 4.78 is 5.56. The molecule has 3 rings (SSSR count). The molecule has 7 heteroatoms. The molecule has 1 fully saturated rings. The summed E-state index contributed by atoms with van der Waals surface area (Å²) >= 11 is 11.9. The van der Waals surface area contributed by atoms with Gasteiger partial charge in [-0.1, -0.05) is 40.9 Å². The van der Waals surface area contributed by atoms with Crippen molar-refractivity contribution in [1.82, 2.24) is 10.2 Å². The Bertz CT molecular complexity index is 847. The van der Waals surface area contributed by atoms with Crippen molar-refractivity contribution in [2.75, 3.05) is 19.7 Å². The molecule has 1 N–H and O–H groups in total. The van der Waals surface area contributed by atoms with Crippen LogP contribution < -0.4 is 10.1 Å². The summed E-state index contributed by atoms with van der Waals surface area (Å²) in [5, 5.41) is 3.76. The van der Waals surface area contributed by atoms with Crippen molar-refractivity contribution in [3.05, 3.63) is 63.6 Å². The molecule has 0 aromatic heterocycles. The average molecular weight is 421 g/mol. The molecule has 1 heterocycles. The third-order valence-electron chi connectivity index (χ3n) is 4.75. The number of carbonyl (C=O) groups excluding carboxylic acids is 2. The number of hydrogen-bond donors (Lipinski definition) is 1. The van der Waals surface area contributed by atoms with Gasteiger partial charge in [-0.15, -0.1) is 0 Å². The minimum absolute atomic E-state index is 0.0172. The van der Waals surface area contributed by atoms with E-state index in [-0.39, 0.29) is 24.5 Å². The number of piperidine rings is 1. The normalized spacial score (nSPS) is 14.6. The highest BCUT2D eigenvalue weighted by molar-refractivity contribution is 6.42. The first-order valence-electron chi connectivity index (χ1n) is 9.15. The standard InChI is InChI=1S/C21H22Cl2N2O3/c1-14-2-5-17(6-3-14)28-13-20(26)25-10-8-16(9-11-25)24-21(27)15-4-7-18(22)19(23)12-15/h2-7,12,16H,8-11,13H2,1H3,(H,24,27). The van der Waals surface area contributed by atoms with E-state index in [0.717, 1.165) is 5.56 Å². The number of amides is 2. The molecule has 0 unspecified atom stereocenters. The van der Waals surface area contributed by atoms with Gasteiger partial charge in [-0.3, -0.25) is 9.59 Å². The lowest BCUT2D eigenvalue weighted by atomic mass is 10.0. The second-order valence-corrected chi connectivity index (χ2v) is 7.67. The summed E-state index contributed by atoms with van der Waals surface area (Å²) in [6.45, 7) is 3.19. The van der Waals surface area contributed by atoms with Gasteiger partial charge in [0.1, 0.15) is 5.75 Å². The molecule has 0 atom stereocenters. The Labute approximate surface area is 174 Å². The first-order valence-corrected chi connectivity index (χ1v) is 9.91. The van der Waals surface area contributed by atoms with E-state index >= 15 is 0 Å². The predicted octanol–water partition coefficient (Wildman–Crippen LogP) is 4.10. The lowest BCUT2D eigenvalue weighted by Crippen LogP contribution is -2.47. The maximum absolute atomic E-state index is 12.4. The zero-order valence-corrected chi connectivity index (χ0v) is 17.1. The highest BCUT2D eigenvalue weighted by Crippen LogP contribution is 2.23. The highest BCUT2D eigenvalue weighted by atomic mass is 35.5. The fourth-order valence-electron chi connectivity index (χ4n) is 3.05. The molecule has 0 saturated carbocycles. The summed E-state index contributed by atoms with van der Waals surface area (Å²) in [5.41, 5.74) is 1.61. The van der Waals surface area contributed by atoms with E-state index in [1.807, 2.05) is 31.2 Å². The van der Waals surface area contributed by atoms with Crippen LogP contribution in [0.15, 0.2) is 42.5 Å². The van der Waals surface area contributed by atoms with Crippen LogP contribution in [-0.2, 0) is 4.79 Å². The maximum Gasteiger partial charge on any atom is 0.260 e. The Hall–Kier alpha value is -2.24. The Balaban J connectivity index is 1.44. The van der Waals surface area contributed by atoms with Crippen LogP contribution in [0.5, 0.6) is 5.75 Å². The molecule has 1 aliphatic rings. The molecule has 2 aromatic carbocycles. The zero-order valence-electron chi connectivity index (χ0n) is 15.6. The highest BCUT2D eigenvalue weighted by Gasteiger charge is 2.24. The molecule has 28 heavy (non-hydrogen) atoms. The van der Waals surface area contributed by atoms with Crippen LogP contribution in [-0.4, -0.2) is 42.5 Å². The van der Waals surface area contributed by atoms with E-state index in [2.05, 4.69) is 5.32 Å². The van der Waals surface area contributed by atoms with Crippen LogP contribution >= 0.6 is 23.2 Å². The smallest absolute Gasteiger partial charge is 0.260 e. The number of nitrogens with zero attached hydrogens (tertiary/aromatic N) is 1. The van der Waals surface area contributed by atoms with Crippen molar-refractivity contribution in [3.8, 4) is 5.75 Å². The van der Waals surface area contributed by atoms with E-state index in [9.17, 15) is 9.59 Å². The summed E-state index contributed by atoms with van der Waals surface area (Å²) in [7, 11) is 0. The van der Waals surface area contributed by atoms with Crippen molar-refractivity contribution in [2.24, 2.45) is 0 Å². The number of aryl methyl sites for hydroxylation is 1. The molecular formula is C21H22Cl2N2O3. The predicted molar refractivity (Wildman–Crippen MR) is 110 cm³/mol. The first-order chi connectivity index (χ1) is 13.4. The Morgan fingerprint density at radius 2 is 1.75 bits per heavy atom. The van der Waals surface area contributed by atoms with Gasteiger partial charge in [0.25, 0.3) is 11.8 Å². The van der Waals surface area contributed by atoms with Crippen molar-refractivity contribution in [3.63, 3.8) is 0 Å². The van der Waals surface area contributed by atoms with Crippen LogP contribution in [0.4, 0.5) is 0 Å². The molecule has 0 radical (unpaired) electrons. The van der Waals surface area contributed by atoms with Gasteiger partial charge >= 0.3 is 0 Å². The number of carbonyl (C=O) groups is 2. The number of halogens is 2. The monoisotopic (exact) mass is 420 g/mol. The molecule has 2 aromatic rings. The molecule has 1 saturated heterocycles. The molecule has 0 bridgehead atoms. The minimum atomic E-state index is -0.189. The third-order valence-corrected chi connectivity index (χ3v) is 5.49. The largest absolute Gasteiger partial charge is 0.484 e. The number of likely N-dealkylation sites (tertiary alicyclic amines) is 1. The minimum Gasteiger partial charge on any atom is -0.484 e. The van der Waals surface area contributed by atoms with Crippen LogP contribution in [0, 0.1) is 6.92 Å². The molecule has 5 nitrogen and oxygen atoms in total. The first kappa shape index (κ1) is 20.5. The second-order valence-electron chi connectivity index (χ2n) is 6.86. The number of nitrogens with one attached hydrogen (secondary N) is 1. The summed E-state index contributed by atoms with van der Waals surface area (Å²) in [5.74, 6) is 0.448. The zero-order chi connectivity index (χ0) is 20.1. The molecule has 1 aliphatic heterocycles. The van der Waals surface area contributed by atoms with E-state index in [1.165, 1.54) is 0 Å². The fraction of sp³-hybridized carbons (Fsp3) is 0.333. The van der Waals surface area contributed by atoms with E-state index in [4.69, 9.17) is 27.9 Å². The number of ether oxygens (including phenoxy) is 1. The fourth-order valence-corrected chi connectivity index (χ4v) is 3.35. The van der Waals surface area contributed by atoms with Gasteiger partial charge in [0.2, 0.25) is 0 Å². The van der Waals surface area contributed by atoms with Crippen molar-refractivity contribution in [1.29, 1.82) is 0 Å². The molecule has 0 spiro atoms. The third kappa shape index (κ3) is 5.40. The SMILES string of the molecule is Cc1ccc(OCC(=O)N2CCC(NC(=O)c3ccc(Cl)c(Cl)c3)CC2)cc1. The molecule has 2 amide bonds. The molecule has 148 valence electrons. The molecule has 0 aliphatic carbocycles. The summed E-state index contributed by atoms with van der Waals surface area (Å²) in [4.78, 5) is 26.5. The Kier molecular flexibility index (Phi) is 6.81. The lowest BCUT2D eigenvalue weighted by Gasteiger charge is -2.32. The van der Waals surface area contributed by atoms with Crippen molar-refractivity contribution in [2.45, 2.75) is 25.8 Å². The van der Waals surface area contributed by atoms with Gasteiger partial charge in [-0.25, -0.2) is 0 Å². The van der Waals surface area contributed by atoms with Gasteiger partial charge in [-0.2, -0.15) is 0 Å². The summed E-state index contributed by atoms with van der Waals surface area (Å²) in [6, 6.07) is 12.4. The number of hydrogen-bond acceptors (Lipinski definition) is 3. The van der Waals surface area contributed by atoms with Crippen LogP contribution in [0.1, 0.15) is 28.8 Å². The van der Waals surface area contributed by atoms with Crippen LogP contribution in [0.25, 0.3) is 0 Å². The van der Waals surface area contributed by atoms with Crippen LogP contribution in [0.2, 0.25) is 10.0 Å². The van der Waals surface area contributed by atoms with E-state index in [1.54, 1.807) is 23.1 Å². The van der Waals surface area contributed by atoms with Gasteiger partial charge < -0.3 is 15.0 Å². The maximum atomic E-state index is 12.4. The van der Waals surface area contributed by atoms with Crippen molar-refractivity contribution < 1.29 is 14.3 Å². The average Bonchev–Trinajstić information content (AvgIpc) is 2.70. The van der Waals surface area contributed by atoms with Gasteiger partial charge in [-0.05, 0) is 50.1 Å². The van der Waals surface area contributed by atoms with Gasteiger partial charge in [0, 0.05) is 24.7 Å². The Morgan fingerprint density at radius 1 is 1.07 bits per heavy atom. The van der Waals surface area contributed by atoms with Gasteiger partial charge in [0.15, 0.2) is 6.61 Å². The number of benzene rings is 2. The quantitative estimate of drug-likeness (QED) is 0.791. The summed E-state index contributed by atoms with van der Waals surface area (Å²) in [6.07, 6.45) is 1.40. The second kappa shape index (κ2) is 9.30. The van der Waals surface area contributed by atoms with E-state index in [0.29, 0.717) is 47.3 Å². The Morgan fingerprint density at radius 3 is 2.39 bits per heavy atom. The van der Waals surface area contributed by atoms with E-state index < -0.39 is 0 Å². The van der Waals surface area contributed by atoms with Crippen molar-refractivity contribution >= 4 is 35.0 Å². The topological polar surface area (TPSA) is 58.6 Å². The van der Waals surface area contributed by atoms with Gasteiger partial charge in [0.05, 0.1) is 10.0 Å². The number of rotatable bonds is 5.